The normalized spacial score (nSPS) is 12.4. The van der Waals surface area contributed by atoms with Gasteiger partial charge >= 0.3 is 0 Å². The average molecular weight is 310 g/mol. The molecule has 1 aromatic carbocycles. The number of aryl methyl sites for hydroxylation is 1. The highest BCUT2D eigenvalue weighted by atomic mass is 35.5. The van der Waals surface area contributed by atoms with E-state index in [1.165, 1.54) is 5.56 Å². The number of nitrogens with two attached hydrogens (primary N) is 1. The van der Waals surface area contributed by atoms with E-state index in [0.29, 0.717) is 16.5 Å². The number of nitrogens with zero attached hydrogens (tertiary/aromatic N) is 1. The summed E-state index contributed by atoms with van der Waals surface area (Å²) in [6, 6.07) is 9.45. The summed E-state index contributed by atoms with van der Waals surface area (Å²) in [6.07, 6.45) is 3.56. The molecule has 1 aromatic heterocycles. The SMILES string of the molecule is CCc1ccc(CC(NN)c2cc(Cl)cc(Cl)c2)nc1. The molecular weight excluding hydrogens is 293 g/mol. The zero-order valence-corrected chi connectivity index (χ0v) is 12.7. The Hall–Kier alpha value is -1.13. The van der Waals surface area contributed by atoms with Crippen LogP contribution in [0.3, 0.4) is 0 Å². The van der Waals surface area contributed by atoms with E-state index >= 15 is 0 Å². The van der Waals surface area contributed by atoms with Gasteiger partial charge in [-0.3, -0.25) is 16.3 Å². The molecule has 0 radical (unpaired) electrons. The predicted octanol–water partition coefficient (Wildman–Crippen LogP) is 3.70. The standard InChI is InChI=1S/C15H17Cl2N3/c1-2-10-3-4-14(19-9-10)8-15(20-18)11-5-12(16)7-13(17)6-11/h3-7,9,15,20H,2,8,18H2,1H3. The molecule has 0 saturated heterocycles. The predicted molar refractivity (Wildman–Crippen MR) is 83.8 cm³/mol. The van der Waals surface area contributed by atoms with Gasteiger partial charge in [-0.1, -0.05) is 36.2 Å². The fourth-order valence-corrected chi connectivity index (χ4v) is 2.59. The minimum Gasteiger partial charge on any atom is -0.271 e. The molecule has 106 valence electrons. The molecule has 0 aliphatic heterocycles. The number of halogens is 2. The van der Waals surface area contributed by atoms with E-state index in [1.807, 2.05) is 24.4 Å². The number of pyridine rings is 1. The first-order valence-corrected chi connectivity index (χ1v) is 7.24. The topological polar surface area (TPSA) is 50.9 Å². The summed E-state index contributed by atoms with van der Waals surface area (Å²) >= 11 is 12.1. The van der Waals surface area contributed by atoms with E-state index < -0.39 is 0 Å². The van der Waals surface area contributed by atoms with Gasteiger partial charge in [0.15, 0.2) is 0 Å². The summed E-state index contributed by atoms with van der Waals surface area (Å²) < 4.78 is 0. The maximum absolute atomic E-state index is 6.03. The first kappa shape index (κ1) is 15.3. The molecule has 0 amide bonds. The Labute approximate surface area is 129 Å². The van der Waals surface area contributed by atoms with Crippen molar-refractivity contribution >= 4 is 23.2 Å². The van der Waals surface area contributed by atoms with Crippen molar-refractivity contribution in [2.75, 3.05) is 0 Å². The third-order valence-corrected chi connectivity index (χ3v) is 3.63. The number of nitrogens with one attached hydrogen (secondary N) is 1. The summed E-state index contributed by atoms with van der Waals surface area (Å²) in [7, 11) is 0. The Morgan fingerprint density at radius 1 is 1.20 bits per heavy atom. The van der Waals surface area contributed by atoms with Gasteiger partial charge in [-0.25, -0.2) is 0 Å². The molecule has 20 heavy (non-hydrogen) atoms. The van der Waals surface area contributed by atoms with Crippen LogP contribution in [0.15, 0.2) is 36.5 Å². The second-order valence-electron chi connectivity index (χ2n) is 4.64. The molecule has 1 atom stereocenters. The first-order chi connectivity index (χ1) is 9.62. The van der Waals surface area contributed by atoms with E-state index in [4.69, 9.17) is 29.0 Å². The lowest BCUT2D eigenvalue weighted by molar-refractivity contribution is 0.546. The maximum Gasteiger partial charge on any atom is 0.0516 e. The average Bonchev–Trinajstić information content (AvgIpc) is 2.44. The zero-order valence-electron chi connectivity index (χ0n) is 11.2. The summed E-state index contributed by atoms with van der Waals surface area (Å²) in [4.78, 5) is 4.45. The highest BCUT2D eigenvalue weighted by molar-refractivity contribution is 6.34. The number of hydrogen-bond acceptors (Lipinski definition) is 3. The number of hydrogen-bond donors (Lipinski definition) is 2. The Morgan fingerprint density at radius 2 is 1.90 bits per heavy atom. The molecule has 1 unspecified atom stereocenters. The van der Waals surface area contributed by atoms with Crippen LogP contribution in [0.1, 0.15) is 29.8 Å². The van der Waals surface area contributed by atoms with E-state index in [2.05, 4.69) is 23.4 Å². The molecule has 0 spiro atoms. The smallest absolute Gasteiger partial charge is 0.0516 e. The highest BCUT2D eigenvalue weighted by Crippen LogP contribution is 2.25. The van der Waals surface area contributed by atoms with Crippen molar-refractivity contribution in [3.8, 4) is 0 Å². The van der Waals surface area contributed by atoms with Gasteiger partial charge in [-0.05, 0) is 41.8 Å². The molecule has 3 nitrogen and oxygen atoms in total. The largest absolute Gasteiger partial charge is 0.271 e. The van der Waals surface area contributed by atoms with Crippen molar-refractivity contribution in [3.63, 3.8) is 0 Å². The van der Waals surface area contributed by atoms with Crippen LogP contribution in [0.5, 0.6) is 0 Å². The summed E-state index contributed by atoms with van der Waals surface area (Å²) in [6.45, 7) is 2.11. The fourth-order valence-electron chi connectivity index (χ4n) is 2.04. The fraction of sp³-hybridized carbons (Fsp3) is 0.267. The summed E-state index contributed by atoms with van der Waals surface area (Å²) in [5, 5.41) is 1.20. The molecule has 2 aromatic rings. The van der Waals surface area contributed by atoms with Gasteiger partial charge in [0.2, 0.25) is 0 Å². The van der Waals surface area contributed by atoms with E-state index in [0.717, 1.165) is 17.7 Å². The highest BCUT2D eigenvalue weighted by Gasteiger charge is 2.13. The maximum atomic E-state index is 6.03. The van der Waals surface area contributed by atoms with Crippen molar-refractivity contribution in [2.24, 2.45) is 5.84 Å². The van der Waals surface area contributed by atoms with Crippen LogP contribution in [0.25, 0.3) is 0 Å². The van der Waals surface area contributed by atoms with Crippen LogP contribution in [-0.4, -0.2) is 4.98 Å². The van der Waals surface area contributed by atoms with Gasteiger partial charge in [-0.2, -0.15) is 0 Å². The number of aromatic nitrogens is 1. The molecule has 0 bridgehead atoms. The number of benzene rings is 1. The van der Waals surface area contributed by atoms with Crippen LogP contribution in [0.2, 0.25) is 10.0 Å². The van der Waals surface area contributed by atoms with E-state index in [1.54, 1.807) is 6.07 Å². The minimum atomic E-state index is -0.0776. The minimum absolute atomic E-state index is 0.0776. The molecule has 1 heterocycles. The molecule has 0 aliphatic carbocycles. The zero-order chi connectivity index (χ0) is 14.5. The Morgan fingerprint density at radius 3 is 2.40 bits per heavy atom. The Kier molecular flexibility index (Phi) is 5.38. The van der Waals surface area contributed by atoms with Crippen molar-refractivity contribution < 1.29 is 0 Å². The van der Waals surface area contributed by atoms with E-state index in [9.17, 15) is 0 Å². The molecule has 5 heteroatoms. The lowest BCUT2D eigenvalue weighted by atomic mass is 10.0. The molecular formula is C15H17Cl2N3. The lowest BCUT2D eigenvalue weighted by Crippen LogP contribution is -2.29. The van der Waals surface area contributed by atoms with Crippen LogP contribution in [-0.2, 0) is 12.8 Å². The molecule has 0 saturated carbocycles. The number of hydrazine groups is 1. The van der Waals surface area contributed by atoms with Crippen molar-refractivity contribution in [2.45, 2.75) is 25.8 Å². The second-order valence-corrected chi connectivity index (χ2v) is 5.51. The van der Waals surface area contributed by atoms with Crippen molar-refractivity contribution in [1.82, 2.24) is 10.4 Å². The number of rotatable bonds is 5. The third-order valence-electron chi connectivity index (χ3n) is 3.20. The van der Waals surface area contributed by atoms with Crippen LogP contribution >= 0.6 is 23.2 Å². The van der Waals surface area contributed by atoms with Gasteiger partial charge in [0.1, 0.15) is 0 Å². The van der Waals surface area contributed by atoms with Crippen molar-refractivity contribution in [3.05, 3.63) is 63.4 Å². The quantitative estimate of drug-likeness (QED) is 0.654. The van der Waals surface area contributed by atoms with Crippen molar-refractivity contribution in [1.29, 1.82) is 0 Å². The monoisotopic (exact) mass is 309 g/mol. The third kappa shape index (κ3) is 3.93. The Balaban J connectivity index is 2.19. The summed E-state index contributed by atoms with van der Waals surface area (Å²) in [5.74, 6) is 5.64. The molecule has 0 fully saturated rings. The van der Waals surface area contributed by atoms with Crippen LogP contribution in [0, 0.1) is 0 Å². The van der Waals surface area contributed by atoms with E-state index in [-0.39, 0.29) is 6.04 Å². The van der Waals surface area contributed by atoms with Crippen LogP contribution < -0.4 is 11.3 Å². The van der Waals surface area contributed by atoms with Crippen LogP contribution in [0.4, 0.5) is 0 Å². The lowest BCUT2D eigenvalue weighted by Gasteiger charge is -2.17. The molecule has 2 rings (SSSR count). The van der Waals surface area contributed by atoms with Gasteiger partial charge in [-0.15, -0.1) is 0 Å². The first-order valence-electron chi connectivity index (χ1n) is 6.48. The van der Waals surface area contributed by atoms with Gasteiger partial charge in [0.25, 0.3) is 0 Å². The summed E-state index contributed by atoms with van der Waals surface area (Å²) in [5.41, 5.74) is 5.94. The van der Waals surface area contributed by atoms with Gasteiger partial charge < -0.3 is 0 Å². The van der Waals surface area contributed by atoms with Gasteiger partial charge in [0, 0.05) is 28.4 Å². The molecule has 3 N–H and O–H groups in total. The molecule has 0 aliphatic rings. The van der Waals surface area contributed by atoms with Gasteiger partial charge in [0.05, 0.1) is 6.04 Å². The Bertz CT molecular complexity index is 550. The second kappa shape index (κ2) is 7.04.